The van der Waals surface area contributed by atoms with E-state index >= 15 is 0 Å². The maximum absolute atomic E-state index is 11.9. The van der Waals surface area contributed by atoms with Crippen LogP contribution in [0.1, 0.15) is 36.0 Å². The SMILES string of the molecule is CO[C](Cc1cccc(C(=N)N)c1)CC(C)c1ccc(-c2ccccc2S(N)(=O)=O)cc1. The minimum atomic E-state index is -3.81. The molecule has 167 valence electrons. The third kappa shape index (κ3) is 5.82. The van der Waals surface area contributed by atoms with Crippen LogP contribution in [0.5, 0.6) is 0 Å². The largest absolute Gasteiger partial charge is 0.384 e. The Balaban J connectivity index is 1.74. The van der Waals surface area contributed by atoms with E-state index < -0.39 is 10.0 Å². The summed E-state index contributed by atoms with van der Waals surface area (Å²) >= 11 is 0. The number of amidine groups is 1. The summed E-state index contributed by atoms with van der Waals surface area (Å²) in [6, 6.07) is 22.2. The van der Waals surface area contributed by atoms with Crippen LogP contribution in [0.25, 0.3) is 11.1 Å². The van der Waals surface area contributed by atoms with Crippen LogP contribution in [0.4, 0.5) is 0 Å². The Bertz CT molecular complexity index is 1190. The summed E-state index contributed by atoms with van der Waals surface area (Å²) in [5, 5.41) is 13.0. The van der Waals surface area contributed by atoms with E-state index in [2.05, 4.69) is 6.92 Å². The zero-order chi connectivity index (χ0) is 23.3. The smallest absolute Gasteiger partial charge is 0.238 e. The molecule has 7 heteroatoms. The van der Waals surface area contributed by atoms with Crippen LogP contribution in [0, 0.1) is 11.5 Å². The summed E-state index contributed by atoms with van der Waals surface area (Å²) in [4.78, 5) is 0.114. The fraction of sp³-hybridized carbons (Fsp3) is 0.200. The van der Waals surface area contributed by atoms with Crippen LogP contribution in [0.3, 0.4) is 0 Å². The Kier molecular flexibility index (Phi) is 7.45. The van der Waals surface area contributed by atoms with Crippen molar-refractivity contribution in [1.82, 2.24) is 0 Å². The second-order valence-electron chi connectivity index (χ2n) is 7.80. The van der Waals surface area contributed by atoms with Crippen molar-refractivity contribution in [1.29, 1.82) is 5.41 Å². The van der Waals surface area contributed by atoms with Gasteiger partial charge in [0.15, 0.2) is 0 Å². The Morgan fingerprint density at radius 1 is 1.03 bits per heavy atom. The number of rotatable bonds is 9. The molecule has 0 aromatic heterocycles. The maximum Gasteiger partial charge on any atom is 0.238 e. The van der Waals surface area contributed by atoms with E-state index in [0.29, 0.717) is 17.5 Å². The molecule has 3 aromatic rings. The summed E-state index contributed by atoms with van der Waals surface area (Å²) in [5.41, 5.74) is 9.83. The molecule has 1 radical (unpaired) electrons. The van der Waals surface area contributed by atoms with Gasteiger partial charge in [-0.3, -0.25) is 5.41 Å². The van der Waals surface area contributed by atoms with E-state index in [4.69, 9.17) is 21.0 Å². The molecule has 0 aliphatic carbocycles. The molecule has 3 rings (SSSR count). The second-order valence-corrected chi connectivity index (χ2v) is 9.33. The number of ether oxygens (including phenoxy) is 1. The Morgan fingerprint density at radius 3 is 2.34 bits per heavy atom. The summed E-state index contributed by atoms with van der Waals surface area (Å²) < 4.78 is 29.5. The molecule has 0 aliphatic rings. The van der Waals surface area contributed by atoms with Crippen molar-refractivity contribution in [3.63, 3.8) is 0 Å². The number of nitrogens with two attached hydrogens (primary N) is 2. The van der Waals surface area contributed by atoms with Gasteiger partial charge in [-0.05, 0) is 41.2 Å². The minimum Gasteiger partial charge on any atom is -0.384 e. The van der Waals surface area contributed by atoms with Gasteiger partial charge in [0, 0.05) is 24.7 Å². The highest BCUT2D eigenvalue weighted by atomic mass is 32.2. The van der Waals surface area contributed by atoms with Crippen molar-refractivity contribution in [2.45, 2.75) is 30.6 Å². The van der Waals surface area contributed by atoms with E-state index in [1.807, 2.05) is 48.5 Å². The molecule has 0 fully saturated rings. The van der Waals surface area contributed by atoms with Crippen LogP contribution in [-0.4, -0.2) is 21.4 Å². The molecule has 6 nitrogen and oxygen atoms in total. The van der Waals surface area contributed by atoms with Gasteiger partial charge in [-0.2, -0.15) is 0 Å². The van der Waals surface area contributed by atoms with Crippen molar-refractivity contribution in [3.05, 3.63) is 95.6 Å². The van der Waals surface area contributed by atoms with E-state index in [-0.39, 0.29) is 16.6 Å². The van der Waals surface area contributed by atoms with Crippen LogP contribution in [0.15, 0.2) is 77.7 Å². The lowest BCUT2D eigenvalue weighted by molar-refractivity contribution is 0.186. The first-order valence-electron chi connectivity index (χ1n) is 10.2. The van der Waals surface area contributed by atoms with Crippen molar-refractivity contribution >= 4 is 15.9 Å². The van der Waals surface area contributed by atoms with Gasteiger partial charge in [-0.15, -0.1) is 0 Å². The Morgan fingerprint density at radius 2 is 1.72 bits per heavy atom. The van der Waals surface area contributed by atoms with Crippen molar-refractivity contribution in [3.8, 4) is 11.1 Å². The molecular formula is C25H28N3O3S. The van der Waals surface area contributed by atoms with Crippen molar-refractivity contribution in [2.24, 2.45) is 10.9 Å². The number of primary sulfonamides is 1. The van der Waals surface area contributed by atoms with E-state index in [1.54, 1.807) is 25.3 Å². The van der Waals surface area contributed by atoms with Crippen LogP contribution in [-0.2, 0) is 21.2 Å². The zero-order valence-corrected chi connectivity index (χ0v) is 19.0. The maximum atomic E-state index is 11.9. The molecule has 1 atom stereocenters. The van der Waals surface area contributed by atoms with Gasteiger partial charge in [0.2, 0.25) is 10.0 Å². The number of hydrogen-bond acceptors (Lipinski definition) is 4. The van der Waals surface area contributed by atoms with E-state index in [0.717, 1.165) is 29.2 Å². The molecule has 0 spiro atoms. The average Bonchev–Trinajstić information content (AvgIpc) is 2.78. The molecule has 0 saturated carbocycles. The van der Waals surface area contributed by atoms with Gasteiger partial charge in [-0.25, -0.2) is 13.6 Å². The predicted octanol–water partition coefficient (Wildman–Crippen LogP) is 4.20. The van der Waals surface area contributed by atoms with Gasteiger partial charge in [-0.1, -0.05) is 67.6 Å². The number of benzene rings is 3. The molecular weight excluding hydrogens is 422 g/mol. The third-order valence-corrected chi connectivity index (χ3v) is 6.42. The van der Waals surface area contributed by atoms with E-state index in [1.165, 1.54) is 6.07 Å². The second kappa shape index (κ2) is 10.1. The van der Waals surface area contributed by atoms with Gasteiger partial charge < -0.3 is 10.5 Å². The summed E-state index contributed by atoms with van der Waals surface area (Å²) in [7, 11) is -2.14. The molecule has 5 N–H and O–H groups in total. The van der Waals surface area contributed by atoms with Crippen LogP contribution >= 0.6 is 0 Å². The van der Waals surface area contributed by atoms with Crippen LogP contribution in [0.2, 0.25) is 0 Å². The fourth-order valence-corrected chi connectivity index (χ4v) is 4.47. The monoisotopic (exact) mass is 450 g/mol. The summed E-state index contributed by atoms with van der Waals surface area (Å²) in [6.07, 6.45) is 2.30. The first-order valence-corrected chi connectivity index (χ1v) is 11.8. The van der Waals surface area contributed by atoms with Crippen molar-refractivity contribution < 1.29 is 13.2 Å². The van der Waals surface area contributed by atoms with Crippen molar-refractivity contribution in [2.75, 3.05) is 7.11 Å². The molecule has 1 unspecified atom stereocenters. The molecule has 0 amide bonds. The lowest BCUT2D eigenvalue weighted by Crippen LogP contribution is -2.13. The standard InChI is InChI=1S/C25H28N3O3S/c1-17(14-22(31-2)16-18-6-5-7-21(15-18)25(26)27)19-10-12-20(13-11-19)23-8-3-4-9-24(23)32(28,29)30/h3-13,15,17H,14,16H2,1-2H3,(H3,26,27)(H2,28,29,30). The Labute approximate surface area is 189 Å². The number of hydrogen-bond donors (Lipinski definition) is 3. The number of sulfonamides is 1. The first kappa shape index (κ1) is 23.7. The quantitative estimate of drug-likeness (QED) is 0.334. The van der Waals surface area contributed by atoms with E-state index in [9.17, 15) is 8.42 Å². The highest BCUT2D eigenvalue weighted by molar-refractivity contribution is 7.89. The fourth-order valence-electron chi connectivity index (χ4n) is 3.71. The molecule has 0 bridgehead atoms. The highest BCUT2D eigenvalue weighted by Crippen LogP contribution is 2.31. The summed E-state index contributed by atoms with van der Waals surface area (Å²) in [5.74, 6) is 0.242. The number of nitrogen functional groups attached to an aromatic ring is 1. The molecule has 32 heavy (non-hydrogen) atoms. The topological polar surface area (TPSA) is 119 Å². The molecule has 3 aromatic carbocycles. The van der Waals surface area contributed by atoms with Gasteiger partial charge >= 0.3 is 0 Å². The van der Waals surface area contributed by atoms with Gasteiger partial charge in [0.25, 0.3) is 0 Å². The average molecular weight is 451 g/mol. The Hall–Kier alpha value is -3.00. The molecule has 0 heterocycles. The lowest BCUT2D eigenvalue weighted by atomic mass is 9.91. The van der Waals surface area contributed by atoms with Gasteiger partial charge in [0.1, 0.15) is 11.9 Å². The normalized spacial score (nSPS) is 12.6. The number of nitrogens with one attached hydrogen (secondary N) is 1. The molecule has 0 saturated heterocycles. The third-order valence-electron chi connectivity index (χ3n) is 5.45. The number of methoxy groups -OCH3 is 1. The first-order chi connectivity index (χ1) is 15.2. The summed E-state index contributed by atoms with van der Waals surface area (Å²) in [6.45, 7) is 2.12. The lowest BCUT2D eigenvalue weighted by Gasteiger charge is -2.20. The van der Waals surface area contributed by atoms with Crippen LogP contribution < -0.4 is 10.9 Å². The predicted molar refractivity (Wildman–Crippen MR) is 128 cm³/mol. The minimum absolute atomic E-state index is 0.0447. The van der Waals surface area contributed by atoms with Gasteiger partial charge in [0.05, 0.1) is 4.90 Å². The highest BCUT2D eigenvalue weighted by Gasteiger charge is 2.18. The molecule has 0 aliphatic heterocycles. The zero-order valence-electron chi connectivity index (χ0n) is 18.2.